The molecule has 0 saturated heterocycles. The molecule has 0 aliphatic carbocycles. The molecule has 4 rings (SSSR count). The average Bonchev–Trinajstić information content (AvgIpc) is 2.97. The lowest BCUT2D eigenvalue weighted by Crippen LogP contribution is -2.14. The van der Waals surface area contributed by atoms with Crippen LogP contribution in [0, 0.1) is 10.1 Å². The second-order valence-electron chi connectivity index (χ2n) is 5.80. The SMILES string of the molecule is O=c1c2c[nH]c3cc(C(F)(F)F)ccc3c-2nn1-c1ccc([N+](=O)[O-])cc1. The van der Waals surface area contributed by atoms with Crippen LogP contribution in [0.1, 0.15) is 5.56 Å². The summed E-state index contributed by atoms with van der Waals surface area (Å²) >= 11 is 0. The van der Waals surface area contributed by atoms with E-state index in [-0.39, 0.29) is 22.5 Å². The van der Waals surface area contributed by atoms with Crippen LogP contribution in [-0.2, 0) is 6.18 Å². The van der Waals surface area contributed by atoms with Crippen LogP contribution in [0.2, 0.25) is 0 Å². The molecular weight excluding hydrogens is 365 g/mol. The number of aromatic nitrogens is 3. The first kappa shape index (κ1) is 16.8. The van der Waals surface area contributed by atoms with E-state index in [2.05, 4.69) is 10.1 Å². The van der Waals surface area contributed by atoms with E-state index in [1.54, 1.807) is 0 Å². The predicted octanol–water partition coefficient (Wildman–Crippen LogP) is 3.75. The lowest BCUT2D eigenvalue weighted by molar-refractivity contribution is -0.384. The first-order valence-corrected chi connectivity index (χ1v) is 7.62. The Morgan fingerprint density at radius 1 is 1.11 bits per heavy atom. The number of pyridine rings is 1. The average molecular weight is 374 g/mol. The minimum Gasteiger partial charge on any atom is -0.360 e. The quantitative estimate of drug-likeness (QED) is 0.427. The second-order valence-corrected chi connectivity index (χ2v) is 5.80. The van der Waals surface area contributed by atoms with Crippen LogP contribution in [0.5, 0.6) is 0 Å². The zero-order valence-electron chi connectivity index (χ0n) is 13.3. The highest BCUT2D eigenvalue weighted by molar-refractivity contribution is 5.93. The van der Waals surface area contributed by atoms with Gasteiger partial charge in [0.1, 0.15) is 5.69 Å². The Kier molecular flexibility index (Phi) is 3.51. The van der Waals surface area contributed by atoms with Crippen molar-refractivity contribution < 1.29 is 18.1 Å². The summed E-state index contributed by atoms with van der Waals surface area (Å²) < 4.78 is 39.7. The standard InChI is InChI=1S/C17H9F3N4O3/c18-17(19,20)9-1-6-12-14(7-9)21-8-13-15(12)22-23(16(13)25)10-2-4-11(5-3-10)24(26)27/h1-8,21H. The Bertz CT molecular complexity index is 1210. The topological polar surface area (TPSA) is 93.8 Å². The fraction of sp³-hybridized carbons (Fsp3) is 0.0588. The van der Waals surface area contributed by atoms with Gasteiger partial charge in [0.25, 0.3) is 11.2 Å². The van der Waals surface area contributed by atoms with Gasteiger partial charge in [-0.15, -0.1) is 0 Å². The Morgan fingerprint density at radius 3 is 2.44 bits per heavy atom. The third kappa shape index (κ3) is 2.71. The molecule has 0 saturated carbocycles. The fourth-order valence-corrected chi connectivity index (χ4v) is 2.83. The van der Waals surface area contributed by atoms with Gasteiger partial charge in [0.2, 0.25) is 0 Å². The van der Waals surface area contributed by atoms with E-state index in [1.165, 1.54) is 36.5 Å². The van der Waals surface area contributed by atoms with E-state index in [1.807, 2.05) is 0 Å². The molecule has 2 aromatic carbocycles. The molecule has 0 unspecified atom stereocenters. The first-order chi connectivity index (χ1) is 12.8. The molecule has 2 aromatic rings. The third-order valence-electron chi connectivity index (χ3n) is 4.16. The molecular formula is C17H9F3N4O3. The van der Waals surface area contributed by atoms with Gasteiger partial charge in [0, 0.05) is 29.2 Å². The molecule has 0 spiro atoms. The zero-order chi connectivity index (χ0) is 19.3. The van der Waals surface area contributed by atoms with Crippen LogP contribution in [0.4, 0.5) is 18.9 Å². The summed E-state index contributed by atoms with van der Waals surface area (Å²) in [4.78, 5) is 25.4. The smallest absolute Gasteiger partial charge is 0.360 e. The van der Waals surface area contributed by atoms with Gasteiger partial charge in [-0.2, -0.15) is 23.0 Å². The van der Waals surface area contributed by atoms with Gasteiger partial charge in [-0.3, -0.25) is 14.9 Å². The van der Waals surface area contributed by atoms with Crippen LogP contribution in [-0.4, -0.2) is 19.7 Å². The predicted molar refractivity (Wildman–Crippen MR) is 90.0 cm³/mol. The van der Waals surface area contributed by atoms with Crippen molar-refractivity contribution in [3.63, 3.8) is 0 Å². The number of alkyl halides is 3. The second kappa shape index (κ2) is 5.66. The molecule has 0 amide bonds. The van der Waals surface area contributed by atoms with Gasteiger partial charge >= 0.3 is 6.18 Å². The highest BCUT2D eigenvalue weighted by Crippen LogP contribution is 2.33. The van der Waals surface area contributed by atoms with E-state index in [0.29, 0.717) is 11.1 Å². The summed E-state index contributed by atoms with van der Waals surface area (Å²) in [5.74, 6) is 0. The number of aromatic amines is 1. The first-order valence-electron chi connectivity index (χ1n) is 7.62. The maximum atomic E-state index is 12.9. The zero-order valence-corrected chi connectivity index (χ0v) is 13.3. The summed E-state index contributed by atoms with van der Waals surface area (Å²) in [6.07, 6.45) is -3.19. The van der Waals surface area contributed by atoms with Gasteiger partial charge in [-0.05, 0) is 24.3 Å². The van der Waals surface area contributed by atoms with Crippen molar-refractivity contribution in [2.24, 2.45) is 0 Å². The van der Waals surface area contributed by atoms with Crippen LogP contribution >= 0.6 is 0 Å². The molecule has 0 aromatic heterocycles. The van der Waals surface area contributed by atoms with Crippen LogP contribution in [0.25, 0.3) is 27.8 Å². The van der Waals surface area contributed by atoms with Crippen molar-refractivity contribution in [2.45, 2.75) is 6.18 Å². The molecule has 0 atom stereocenters. The van der Waals surface area contributed by atoms with Crippen LogP contribution in [0.15, 0.2) is 53.5 Å². The number of nitrogens with zero attached hydrogens (tertiary/aromatic N) is 3. The lowest BCUT2D eigenvalue weighted by atomic mass is 10.1. The van der Waals surface area contributed by atoms with Crippen molar-refractivity contribution in [3.05, 3.63) is 74.7 Å². The van der Waals surface area contributed by atoms with E-state index in [0.717, 1.165) is 16.8 Å². The number of fused-ring (bicyclic) bond motifs is 3. The number of nitrogens with one attached hydrogen (secondary N) is 1. The number of hydrogen-bond acceptors (Lipinski definition) is 4. The van der Waals surface area contributed by atoms with E-state index in [4.69, 9.17) is 0 Å². The molecule has 10 heteroatoms. The molecule has 136 valence electrons. The van der Waals surface area contributed by atoms with Crippen LogP contribution < -0.4 is 5.56 Å². The fourth-order valence-electron chi connectivity index (χ4n) is 2.83. The van der Waals surface area contributed by atoms with E-state index in [9.17, 15) is 28.1 Å². The lowest BCUT2D eigenvalue weighted by Gasteiger charge is -2.08. The number of nitro groups is 1. The van der Waals surface area contributed by atoms with E-state index >= 15 is 0 Å². The summed E-state index contributed by atoms with van der Waals surface area (Å²) in [5.41, 5.74) is -0.519. The van der Waals surface area contributed by atoms with Gasteiger partial charge in [0.05, 0.1) is 21.7 Å². The highest BCUT2D eigenvalue weighted by Gasteiger charge is 2.31. The maximum Gasteiger partial charge on any atom is 0.416 e. The number of rotatable bonds is 2. The third-order valence-corrected chi connectivity index (χ3v) is 4.16. The number of hydrogen-bond donors (Lipinski definition) is 1. The molecule has 2 heterocycles. The van der Waals surface area contributed by atoms with Crippen molar-refractivity contribution in [1.29, 1.82) is 0 Å². The number of halogens is 3. The van der Waals surface area contributed by atoms with Crippen molar-refractivity contribution in [3.8, 4) is 16.9 Å². The molecule has 7 nitrogen and oxygen atoms in total. The van der Waals surface area contributed by atoms with Crippen LogP contribution in [0.3, 0.4) is 0 Å². The normalized spacial score (nSPS) is 12.0. The maximum absolute atomic E-state index is 12.9. The number of non-ortho nitro benzene ring substituents is 1. The van der Waals surface area contributed by atoms with Gasteiger partial charge in [-0.1, -0.05) is 6.07 Å². The Labute approximate surface area is 148 Å². The van der Waals surface area contributed by atoms with Gasteiger partial charge in [0.15, 0.2) is 0 Å². The summed E-state index contributed by atoms with van der Waals surface area (Å²) in [6, 6.07) is 8.35. The Hall–Kier alpha value is -3.69. The van der Waals surface area contributed by atoms with Crippen molar-refractivity contribution in [1.82, 2.24) is 14.8 Å². The summed E-state index contributed by atoms with van der Waals surface area (Å²) in [7, 11) is 0. The van der Waals surface area contributed by atoms with Crippen molar-refractivity contribution in [2.75, 3.05) is 0 Å². The minimum absolute atomic E-state index is 0.138. The largest absolute Gasteiger partial charge is 0.416 e. The van der Waals surface area contributed by atoms with Gasteiger partial charge in [-0.25, -0.2) is 0 Å². The Balaban J connectivity index is 1.90. The van der Waals surface area contributed by atoms with E-state index < -0.39 is 22.2 Å². The van der Waals surface area contributed by atoms with Crippen molar-refractivity contribution >= 4 is 16.6 Å². The highest BCUT2D eigenvalue weighted by atomic mass is 19.4. The molecule has 1 N–H and O–H groups in total. The van der Waals surface area contributed by atoms with Gasteiger partial charge < -0.3 is 4.98 Å². The molecule has 0 fully saturated rings. The monoisotopic (exact) mass is 374 g/mol. The molecule has 0 radical (unpaired) electrons. The summed E-state index contributed by atoms with van der Waals surface area (Å²) in [5, 5.41) is 15.3. The summed E-state index contributed by atoms with van der Waals surface area (Å²) in [6.45, 7) is 0. The minimum atomic E-state index is -4.49. The molecule has 27 heavy (non-hydrogen) atoms. The molecule has 2 aliphatic heterocycles. The number of H-pyrrole nitrogens is 1. The number of benzene rings is 2. The molecule has 0 bridgehead atoms. The Morgan fingerprint density at radius 2 is 1.81 bits per heavy atom. The molecule has 2 aliphatic rings. The number of nitro benzene ring substituents is 1.